The molecular formula is C13H18ClN3O. The molecule has 2 heterocycles. The van der Waals surface area contributed by atoms with Crippen LogP contribution in [-0.2, 0) is 0 Å². The van der Waals surface area contributed by atoms with Crippen LogP contribution in [0, 0.1) is 11.8 Å². The van der Waals surface area contributed by atoms with Crippen LogP contribution in [-0.4, -0.2) is 35.9 Å². The zero-order chi connectivity index (χ0) is 13.3. The first-order valence-corrected chi connectivity index (χ1v) is 6.53. The Hall–Kier alpha value is -1.29. The fourth-order valence-corrected chi connectivity index (χ4v) is 2.39. The number of halogens is 1. The lowest BCUT2D eigenvalue weighted by atomic mass is 10.0. The van der Waals surface area contributed by atoms with E-state index in [0.717, 1.165) is 13.1 Å². The number of nitrogens with zero attached hydrogens (tertiary/aromatic N) is 2. The molecule has 2 atom stereocenters. The van der Waals surface area contributed by atoms with Crippen LogP contribution in [0.5, 0.6) is 0 Å². The van der Waals surface area contributed by atoms with Crippen molar-refractivity contribution in [3.63, 3.8) is 0 Å². The van der Waals surface area contributed by atoms with Crippen LogP contribution in [0.3, 0.4) is 0 Å². The Morgan fingerprint density at radius 3 is 2.61 bits per heavy atom. The van der Waals surface area contributed by atoms with Crippen molar-refractivity contribution in [1.29, 1.82) is 0 Å². The summed E-state index contributed by atoms with van der Waals surface area (Å²) in [5, 5.41) is 3.33. The van der Waals surface area contributed by atoms with Crippen molar-refractivity contribution in [2.75, 3.05) is 25.5 Å². The minimum absolute atomic E-state index is 0.00454. The van der Waals surface area contributed by atoms with E-state index < -0.39 is 0 Å². The Morgan fingerprint density at radius 1 is 1.44 bits per heavy atom. The normalized spacial score (nSPS) is 23.2. The highest BCUT2D eigenvalue weighted by atomic mass is 35.5. The number of amides is 1. The van der Waals surface area contributed by atoms with Crippen LogP contribution in [0.4, 0.5) is 5.82 Å². The van der Waals surface area contributed by atoms with Gasteiger partial charge in [-0.15, -0.1) is 0 Å². The summed E-state index contributed by atoms with van der Waals surface area (Å²) in [5.41, 5.74) is 0.525. The maximum atomic E-state index is 12.4. The molecule has 1 saturated heterocycles. The number of likely N-dealkylation sites (tertiary alicyclic amines) is 1. The Morgan fingerprint density at radius 2 is 2.06 bits per heavy atom. The largest absolute Gasteiger partial charge is 0.373 e. The van der Waals surface area contributed by atoms with E-state index in [2.05, 4.69) is 24.1 Å². The number of rotatable bonds is 2. The van der Waals surface area contributed by atoms with Crippen LogP contribution in [0.25, 0.3) is 0 Å². The SMILES string of the molecule is CNc1cc(C(=O)N2CC(C)C(C)C2)c(Cl)cn1. The standard InChI is InChI=1S/C13H18ClN3O/c1-8-6-17(7-9(8)2)13(18)10-4-12(15-3)16-5-11(10)14/h4-5,8-9H,6-7H2,1-3H3,(H,15,16). The van der Waals surface area contributed by atoms with Gasteiger partial charge in [0.25, 0.3) is 5.91 Å². The summed E-state index contributed by atoms with van der Waals surface area (Å²) in [4.78, 5) is 18.4. The van der Waals surface area contributed by atoms with Crippen LogP contribution < -0.4 is 5.32 Å². The van der Waals surface area contributed by atoms with E-state index in [0.29, 0.717) is 28.2 Å². The van der Waals surface area contributed by atoms with Gasteiger partial charge in [0.1, 0.15) is 5.82 Å². The molecule has 18 heavy (non-hydrogen) atoms. The number of carbonyl (C=O) groups excluding carboxylic acids is 1. The topological polar surface area (TPSA) is 45.2 Å². The van der Waals surface area contributed by atoms with Gasteiger partial charge in [-0.25, -0.2) is 4.98 Å². The van der Waals surface area contributed by atoms with Crippen molar-refractivity contribution in [2.45, 2.75) is 13.8 Å². The summed E-state index contributed by atoms with van der Waals surface area (Å²) in [6, 6.07) is 1.71. The molecule has 1 aromatic rings. The Bertz CT molecular complexity index is 454. The third-order valence-electron chi connectivity index (χ3n) is 3.62. The van der Waals surface area contributed by atoms with Crippen LogP contribution in [0.1, 0.15) is 24.2 Å². The minimum atomic E-state index is -0.00454. The highest BCUT2D eigenvalue weighted by Gasteiger charge is 2.30. The second kappa shape index (κ2) is 5.14. The first-order valence-electron chi connectivity index (χ1n) is 6.15. The Labute approximate surface area is 112 Å². The number of aromatic nitrogens is 1. The number of hydrogen-bond donors (Lipinski definition) is 1. The van der Waals surface area contributed by atoms with Crippen molar-refractivity contribution >= 4 is 23.3 Å². The second-order valence-corrected chi connectivity index (χ2v) is 5.37. The molecule has 0 spiro atoms. The third kappa shape index (κ3) is 2.43. The third-order valence-corrected chi connectivity index (χ3v) is 3.92. The highest BCUT2D eigenvalue weighted by Crippen LogP contribution is 2.26. The van der Waals surface area contributed by atoms with Gasteiger partial charge >= 0.3 is 0 Å². The highest BCUT2D eigenvalue weighted by molar-refractivity contribution is 6.33. The Kier molecular flexibility index (Phi) is 3.76. The Balaban J connectivity index is 2.23. The van der Waals surface area contributed by atoms with Crippen molar-refractivity contribution < 1.29 is 4.79 Å². The van der Waals surface area contributed by atoms with Crippen molar-refractivity contribution in [3.05, 3.63) is 22.8 Å². The summed E-state index contributed by atoms with van der Waals surface area (Å²) >= 11 is 6.06. The maximum Gasteiger partial charge on any atom is 0.255 e. The van der Waals surface area contributed by atoms with Crippen molar-refractivity contribution in [2.24, 2.45) is 11.8 Å². The fraction of sp³-hybridized carbons (Fsp3) is 0.538. The average Bonchev–Trinajstić information content (AvgIpc) is 2.69. The van der Waals surface area contributed by atoms with Gasteiger partial charge in [0.2, 0.25) is 0 Å². The molecule has 2 unspecified atom stereocenters. The zero-order valence-electron chi connectivity index (χ0n) is 10.9. The van der Waals surface area contributed by atoms with Gasteiger partial charge < -0.3 is 10.2 Å². The van der Waals surface area contributed by atoms with E-state index in [1.54, 1.807) is 13.1 Å². The van der Waals surface area contributed by atoms with Crippen LogP contribution >= 0.6 is 11.6 Å². The van der Waals surface area contributed by atoms with Gasteiger partial charge in [-0.05, 0) is 17.9 Å². The predicted octanol–water partition coefficient (Wildman–Crippen LogP) is 2.50. The van der Waals surface area contributed by atoms with Crippen LogP contribution in [0.15, 0.2) is 12.3 Å². The predicted molar refractivity (Wildman–Crippen MR) is 73.0 cm³/mol. The lowest BCUT2D eigenvalue weighted by molar-refractivity contribution is 0.0785. The zero-order valence-corrected chi connectivity index (χ0v) is 11.7. The van der Waals surface area contributed by atoms with Crippen LogP contribution in [0.2, 0.25) is 5.02 Å². The number of carbonyl (C=O) groups is 1. The quantitative estimate of drug-likeness (QED) is 0.896. The van der Waals surface area contributed by atoms with Gasteiger partial charge in [0.05, 0.1) is 10.6 Å². The van der Waals surface area contributed by atoms with Gasteiger partial charge in [-0.1, -0.05) is 25.4 Å². The van der Waals surface area contributed by atoms with Crippen molar-refractivity contribution in [1.82, 2.24) is 9.88 Å². The lowest BCUT2D eigenvalue weighted by Gasteiger charge is -2.17. The molecule has 1 aromatic heterocycles. The molecule has 0 bridgehead atoms. The molecule has 0 aromatic carbocycles. The summed E-state index contributed by atoms with van der Waals surface area (Å²) in [7, 11) is 1.77. The first-order chi connectivity index (χ1) is 8.52. The van der Waals surface area contributed by atoms with Gasteiger partial charge in [-0.3, -0.25) is 4.79 Å². The molecule has 98 valence electrons. The smallest absolute Gasteiger partial charge is 0.255 e. The van der Waals surface area contributed by atoms with Crippen molar-refractivity contribution in [3.8, 4) is 0 Å². The molecule has 1 amide bonds. The molecule has 0 radical (unpaired) electrons. The first kappa shape index (κ1) is 13.1. The summed E-state index contributed by atoms with van der Waals surface area (Å²) in [6.07, 6.45) is 1.52. The summed E-state index contributed by atoms with van der Waals surface area (Å²) in [6.45, 7) is 5.94. The molecule has 1 aliphatic heterocycles. The number of hydrogen-bond acceptors (Lipinski definition) is 3. The number of pyridine rings is 1. The van der Waals surface area contributed by atoms with E-state index in [9.17, 15) is 4.79 Å². The molecule has 0 aliphatic carbocycles. The summed E-state index contributed by atoms with van der Waals surface area (Å²) < 4.78 is 0. The van der Waals surface area contributed by atoms with Gasteiger partial charge in [0, 0.05) is 26.3 Å². The van der Waals surface area contributed by atoms with E-state index in [1.807, 2.05) is 4.90 Å². The number of nitrogens with one attached hydrogen (secondary N) is 1. The van der Waals surface area contributed by atoms with Gasteiger partial charge in [0.15, 0.2) is 0 Å². The molecule has 1 aliphatic rings. The molecular weight excluding hydrogens is 250 g/mol. The van der Waals surface area contributed by atoms with E-state index in [-0.39, 0.29) is 5.91 Å². The fourth-order valence-electron chi connectivity index (χ4n) is 2.21. The second-order valence-electron chi connectivity index (χ2n) is 4.96. The molecule has 0 saturated carbocycles. The molecule has 4 nitrogen and oxygen atoms in total. The monoisotopic (exact) mass is 267 g/mol. The minimum Gasteiger partial charge on any atom is -0.373 e. The van der Waals surface area contributed by atoms with E-state index >= 15 is 0 Å². The maximum absolute atomic E-state index is 12.4. The number of anilines is 1. The van der Waals surface area contributed by atoms with E-state index in [4.69, 9.17) is 11.6 Å². The molecule has 1 N–H and O–H groups in total. The molecule has 1 fully saturated rings. The summed E-state index contributed by atoms with van der Waals surface area (Å²) in [5.74, 6) is 1.73. The lowest BCUT2D eigenvalue weighted by Crippen LogP contribution is -2.29. The average molecular weight is 268 g/mol. The van der Waals surface area contributed by atoms with Gasteiger partial charge in [-0.2, -0.15) is 0 Å². The van der Waals surface area contributed by atoms with E-state index in [1.165, 1.54) is 6.20 Å². The molecule has 2 rings (SSSR count). The molecule has 5 heteroatoms.